The van der Waals surface area contributed by atoms with Gasteiger partial charge in [-0.2, -0.15) is 0 Å². The zero-order valence-electron chi connectivity index (χ0n) is 19.1. The number of likely N-dealkylation sites (tertiary alicyclic amines) is 1. The van der Waals surface area contributed by atoms with Gasteiger partial charge in [0.15, 0.2) is 5.69 Å². The lowest BCUT2D eigenvalue weighted by Gasteiger charge is -2.33. The lowest BCUT2D eigenvalue weighted by molar-refractivity contribution is -0.141. The van der Waals surface area contributed by atoms with E-state index in [1.165, 1.54) is 6.20 Å². The monoisotopic (exact) mass is 484 g/mol. The van der Waals surface area contributed by atoms with Gasteiger partial charge in [0.2, 0.25) is 5.91 Å². The first kappa shape index (κ1) is 24.3. The number of nitrogens with one attached hydrogen (secondary N) is 1. The Morgan fingerprint density at radius 1 is 1.17 bits per heavy atom. The minimum absolute atomic E-state index is 0.0205. The number of carbonyl (C=O) groups excluding carboxylic acids is 1. The van der Waals surface area contributed by atoms with Gasteiger partial charge in [0.25, 0.3) is 5.92 Å². The molecule has 184 valence electrons. The summed E-state index contributed by atoms with van der Waals surface area (Å²) in [6.45, 7) is 7.99. The second kappa shape index (κ2) is 10.2. The molecule has 0 saturated carbocycles. The first-order chi connectivity index (χ1) is 16.7. The van der Waals surface area contributed by atoms with Crippen molar-refractivity contribution in [3.8, 4) is 0 Å². The van der Waals surface area contributed by atoms with Crippen LogP contribution in [0, 0.1) is 6.57 Å². The van der Waals surface area contributed by atoms with E-state index in [1.807, 2.05) is 12.1 Å². The van der Waals surface area contributed by atoms with Crippen LogP contribution < -0.4 is 10.2 Å². The number of carbonyl (C=O) groups is 2. The number of pyridine rings is 2. The molecule has 2 aliphatic rings. The van der Waals surface area contributed by atoms with E-state index >= 15 is 0 Å². The van der Waals surface area contributed by atoms with Crippen molar-refractivity contribution in [1.29, 1.82) is 0 Å². The van der Waals surface area contributed by atoms with Crippen molar-refractivity contribution >= 4 is 35.0 Å². The molecule has 0 spiro atoms. The Balaban J connectivity index is 1.54. The van der Waals surface area contributed by atoms with E-state index in [9.17, 15) is 18.4 Å². The number of hydrogen-bond acceptors (Lipinski definition) is 6. The molecule has 0 unspecified atom stereocenters. The fourth-order valence-electron chi connectivity index (χ4n) is 4.45. The maximum absolute atomic E-state index is 13.9. The van der Waals surface area contributed by atoms with Crippen LogP contribution in [-0.4, -0.2) is 64.0 Å². The number of alkyl halides is 2. The first-order valence-electron chi connectivity index (χ1n) is 11.5. The van der Waals surface area contributed by atoms with Crippen molar-refractivity contribution in [2.75, 3.05) is 36.4 Å². The van der Waals surface area contributed by atoms with Gasteiger partial charge in [0, 0.05) is 38.7 Å². The lowest BCUT2D eigenvalue weighted by atomic mass is 9.89. The molecule has 2 saturated heterocycles. The maximum Gasteiger partial charge on any atom is 0.303 e. The van der Waals surface area contributed by atoms with Gasteiger partial charge in [0.05, 0.1) is 19.5 Å². The molecule has 0 radical (unpaired) electrons. The van der Waals surface area contributed by atoms with Crippen LogP contribution in [0.5, 0.6) is 0 Å². The molecule has 0 aliphatic carbocycles. The van der Waals surface area contributed by atoms with Crippen molar-refractivity contribution in [3.05, 3.63) is 47.4 Å². The molecule has 2 aliphatic heterocycles. The molecule has 35 heavy (non-hydrogen) atoms. The highest BCUT2D eigenvalue weighted by molar-refractivity contribution is 5.80. The maximum atomic E-state index is 13.9. The molecule has 2 aromatic heterocycles. The second-order valence-corrected chi connectivity index (χ2v) is 8.86. The van der Waals surface area contributed by atoms with E-state index in [1.54, 1.807) is 21.9 Å². The summed E-state index contributed by atoms with van der Waals surface area (Å²) in [5.41, 5.74) is 1.34. The molecular weight excluding hydrogens is 458 g/mol. The van der Waals surface area contributed by atoms with Gasteiger partial charge in [-0.05, 0) is 48.6 Å². The van der Waals surface area contributed by atoms with E-state index in [2.05, 4.69) is 20.1 Å². The van der Waals surface area contributed by atoms with Gasteiger partial charge in [-0.15, -0.1) is 0 Å². The van der Waals surface area contributed by atoms with Gasteiger partial charge in [-0.1, -0.05) is 0 Å². The van der Waals surface area contributed by atoms with Crippen molar-refractivity contribution in [2.45, 2.75) is 43.9 Å². The van der Waals surface area contributed by atoms with Crippen LogP contribution in [-0.2, 0) is 9.59 Å². The van der Waals surface area contributed by atoms with Gasteiger partial charge in [-0.3, -0.25) is 9.59 Å². The standard InChI is InChI=1S/C24H26F2N6O3/c1-27-18-4-8-28-19(14-18)29-20-12-17(13-21(30-20)32-11-7-24(25,26)15-32)16-5-9-31(10-6-16)22(33)2-3-23(34)35/h4,8,12-14,16H,2-3,5-7,9-11,15H2,(H,34,35)(H,28,29,30). The molecule has 0 bridgehead atoms. The molecular formula is C24H26F2N6O3. The Kier molecular flexibility index (Phi) is 7.10. The predicted octanol–water partition coefficient (Wildman–Crippen LogP) is 4.19. The van der Waals surface area contributed by atoms with E-state index in [-0.39, 0.29) is 37.6 Å². The number of anilines is 3. The van der Waals surface area contributed by atoms with Crippen LogP contribution in [0.25, 0.3) is 4.85 Å². The van der Waals surface area contributed by atoms with Crippen LogP contribution in [0.15, 0.2) is 30.5 Å². The molecule has 2 aromatic rings. The summed E-state index contributed by atoms with van der Waals surface area (Å²) in [7, 11) is 0. The lowest BCUT2D eigenvalue weighted by Crippen LogP contribution is -2.38. The quantitative estimate of drug-likeness (QED) is 0.568. The number of nitrogens with zero attached hydrogens (tertiary/aromatic N) is 5. The molecule has 11 heteroatoms. The topological polar surface area (TPSA) is 103 Å². The zero-order valence-corrected chi connectivity index (χ0v) is 19.1. The average molecular weight is 485 g/mol. The van der Waals surface area contributed by atoms with Crippen molar-refractivity contribution in [3.63, 3.8) is 0 Å². The molecule has 0 aromatic carbocycles. The highest BCUT2D eigenvalue weighted by atomic mass is 19.3. The third-order valence-corrected chi connectivity index (χ3v) is 6.33. The van der Waals surface area contributed by atoms with Crippen molar-refractivity contribution < 1.29 is 23.5 Å². The normalized spacial score (nSPS) is 17.7. The highest BCUT2D eigenvalue weighted by Crippen LogP contribution is 2.35. The van der Waals surface area contributed by atoms with Crippen LogP contribution in [0.3, 0.4) is 0 Å². The minimum Gasteiger partial charge on any atom is -0.481 e. The number of aromatic nitrogens is 2. The number of halogens is 2. The third kappa shape index (κ3) is 6.20. The Hall–Kier alpha value is -3.81. The Morgan fingerprint density at radius 3 is 2.60 bits per heavy atom. The highest BCUT2D eigenvalue weighted by Gasteiger charge is 2.39. The fourth-order valence-corrected chi connectivity index (χ4v) is 4.45. The Bertz CT molecular complexity index is 1140. The van der Waals surface area contributed by atoms with Gasteiger partial charge in [0.1, 0.15) is 17.5 Å². The SMILES string of the molecule is [C-]#[N+]c1ccnc(Nc2cc(C3CCN(C(=O)CCC(=O)O)CC3)cc(N3CCC(F)(F)C3)n2)c1. The number of aliphatic carboxylic acids is 1. The summed E-state index contributed by atoms with van der Waals surface area (Å²) in [4.78, 5) is 38.5. The second-order valence-electron chi connectivity index (χ2n) is 8.86. The van der Waals surface area contributed by atoms with Crippen molar-refractivity contribution in [2.24, 2.45) is 0 Å². The van der Waals surface area contributed by atoms with E-state index in [4.69, 9.17) is 11.7 Å². The summed E-state index contributed by atoms with van der Waals surface area (Å²) in [5, 5.41) is 11.9. The molecule has 0 atom stereocenters. The summed E-state index contributed by atoms with van der Waals surface area (Å²) in [6.07, 6.45) is 2.41. The number of carboxylic acid groups (broad SMARTS) is 1. The predicted molar refractivity (Wildman–Crippen MR) is 125 cm³/mol. The van der Waals surface area contributed by atoms with Crippen LogP contribution in [0.1, 0.15) is 43.6 Å². The number of carboxylic acids is 1. The molecule has 4 heterocycles. The number of amides is 1. The van der Waals surface area contributed by atoms with E-state index < -0.39 is 18.4 Å². The van der Waals surface area contributed by atoms with Gasteiger partial charge in [-0.25, -0.2) is 23.6 Å². The van der Waals surface area contributed by atoms with Crippen molar-refractivity contribution in [1.82, 2.24) is 14.9 Å². The minimum atomic E-state index is -2.77. The van der Waals surface area contributed by atoms with E-state index in [0.29, 0.717) is 49.1 Å². The largest absolute Gasteiger partial charge is 0.481 e. The average Bonchev–Trinajstić information content (AvgIpc) is 3.22. The molecule has 2 fully saturated rings. The van der Waals surface area contributed by atoms with Crippen LogP contribution in [0.4, 0.5) is 31.9 Å². The number of piperidine rings is 1. The summed E-state index contributed by atoms with van der Waals surface area (Å²) >= 11 is 0. The summed E-state index contributed by atoms with van der Waals surface area (Å²) in [5.74, 6) is -2.52. The molecule has 2 N–H and O–H groups in total. The summed E-state index contributed by atoms with van der Waals surface area (Å²) < 4.78 is 27.8. The Morgan fingerprint density at radius 2 is 1.94 bits per heavy atom. The fraction of sp³-hybridized carbons (Fsp3) is 0.458. The smallest absolute Gasteiger partial charge is 0.303 e. The Labute approximate surface area is 201 Å². The number of hydrogen-bond donors (Lipinski definition) is 2. The molecule has 4 rings (SSSR count). The van der Waals surface area contributed by atoms with Crippen LogP contribution >= 0.6 is 0 Å². The summed E-state index contributed by atoms with van der Waals surface area (Å²) in [6, 6.07) is 6.87. The van der Waals surface area contributed by atoms with Gasteiger partial charge < -0.3 is 20.2 Å². The molecule has 9 nitrogen and oxygen atoms in total. The third-order valence-electron chi connectivity index (χ3n) is 6.33. The van der Waals surface area contributed by atoms with Gasteiger partial charge >= 0.3 is 5.97 Å². The first-order valence-corrected chi connectivity index (χ1v) is 11.5. The van der Waals surface area contributed by atoms with Crippen LogP contribution in [0.2, 0.25) is 0 Å². The number of rotatable bonds is 7. The molecule has 1 amide bonds. The van der Waals surface area contributed by atoms with E-state index in [0.717, 1.165) is 5.56 Å². The zero-order chi connectivity index (χ0) is 25.0.